The zero-order valence-corrected chi connectivity index (χ0v) is 16.4. The van der Waals surface area contributed by atoms with Crippen LogP contribution in [-0.2, 0) is 16.1 Å². The van der Waals surface area contributed by atoms with E-state index < -0.39 is 12.6 Å². The van der Waals surface area contributed by atoms with Gasteiger partial charge in [0.05, 0.1) is 6.61 Å². The predicted molar refractivity (Wildman–Crippen MR) is 110 cm³/mol. The number of benzene rings is 3. The molecule has 0 saturated carbocycles. The molecule has 0 saturated heterocycles. The van der Waals surface area contributed by atoms with Crippen LogP contribution in [0.2, 0.25) is 0 Å². The van der Waals surface area contributed by atoms with Gasteiger partial charge in [0, 0.05) is 13.6 Å². The Hall–Kier alpha value is -3.54. The van der Waals surface area contributed by atoms with E-state index in [0.29, 0.717) is 13.2 Å². The van der Waals surface area contributed by atoms with Gasteiger partial charge in [0.25, 0.3) is 5.91 Å². The fourth-order valence-electron chi connectivity index (χ4n) is 2.93. The SMILES string of the molecule is CCOc1ccc(CN(C)C(=O)COC(=O)c2cc3ccccc3cc2O)cc1. The van der Waals surface area contributed by atoms with E-state index in [9.17, 15) is 14.7 Å². The van der Waals surface area contributed by atoms with Crippen molar-refractivity contribution < 1.29 is 24.2 Å². The highest BCUT2D eigenvalue weighted by molar-refractivity contribution is 5.99. The van der Waals surface area contributed by atoms with Crippen molar-refractivity contribution in [3.63, 3.8) is 0 Å². The number of hydrogen-bond donors (Lipinski definition) is 1. The standard InChI is InChI=1S/C23H23NO5/c1-3-28-19-10-8-16(9-11-19)14-24(2)22(26)15-29-23(27)20-12-17-6-4-5-7-18(17)13-21(20)25/h4-13,25H,3,14-15H2,1-2H3. The minimum atomic E-state index is -0.740. The van der Waals surface area contributed by atoms with Crippen LogP contribution < -0.4 is 4.74 Å². The number of phenolic OH excluding ortho intramolecular Hbond substituents is 1. The lowest BCUT2D eigenvalue weighted by Gasteiger charge is -2.17. The zero-order chi connectivity index (χ0) is 20.8. The Labute approximate surface area is 169 Å². The van der Waals surface area contributed by atoms with Gasteiger partial charge in [-0.15, -0.1) is 0 Å². The third-order valence-electron chi connectivity index (χ3n) is 4.49. The Morgan fingerprint density at radius 3 is 2.31 bits per heavy atom. The number of hydrogen-bond acceptors (Lipinski definition) is 5. The highest BCUT2D eigenvalue weighted by Gasteiger charge is 2.17. The minimum absolute atomic E-state index is 0.0330. The van der Waals surface area contributed by atoms with Crippen LogP contribution in [0.25, 0.3) is 10.8 Å². The molecule has 3 aromatic carbocycles. The van der Waals surface area contributed by atoms with E-state index in [-0.39, 0.29) is 17.2 Å². The Morgan fingerprint density at radius 2 is 1.66 bits per heavy atom. The quantitative estimate of drug-likeness (QED) is 0.619. The van der Waals surface area contributed by atoms with Crippen molar-refractivity contribution in [1.29, 1.82) is 0 Å². The molecule has 0 bridgehead atoms. The fourth-order valence-corrected chi connectivity index (χ4v) is 2.93. The van der Waals surface area contributed by atoms with Crippen LogP contribution in [0.1, 0.15) is 22.8 Å². The Kier molecular flexibility index (Phi) is 6.34. The van der Waals surface area contributed by atoms with Crippen LogP contribution in [0.4, 0.5) is 0 Å². The van der Waals surface area contributed by atoms with Gasteiger partial charge >= 0.3 is 5.97 Å². The summed E-state index contributed by atoms with van der Waals surface area (Å²) in [5, 5.41) is 11.7. The van der Waals surface area contributed by atoms with Gasteiger partial charge in [-0.05, 0) is 47.5 Å². The lowest BCUT2D eigenvalue weighted by molar-refractivity contribution is -0.133. The van der Waals surface area contributed by atoms with Gasteiger partial charge in [0.2, 0.25) is 0 Å². The molecule has 3 rings (SSSR count). The first-order valence-corrected chi connectivity index (χ1v) is 9.32. The van der Waals surface area contributed by atoms with E-state index in [1.54, 1.807) is 13.1 Å². The van der Waals surface area contributed by atoms with Crippen molar-refractivity contribution in [2.75, 3.05) is 20.3 Å². The number of esters is 1. The predicted octanol–water partition coefficient (Wildman–Crippen LogP) is 3.76. The molecule has 0 heterocycles. The number of amides is 1. The summed E-state index contributed by atoms with van der Waals surface area (Å²) in [5.74, 6) is -0.484. The zero-order valence-electron chi connectivity index (χ0n) is 16.4. The first kappa shape index (κ1) is 20.2. The molecule has 1 amide bonds. The second kappa shape index (κ2) is 9.10. The summed E-state index contributed by atoms with van der Waals surface area (Å²) < 4.78 is 10.5. The first-order chi connectivity index (χ1) is 14.0. The Bertz CT molecular complexity index is 1010. The molecule has 150 valence electrons. The van der Waals surface area contributed by atoms with Gasteiger partial charge in [0.1, 0.15) is 17.1 Å². The lowest BCUT2D eigenvalue weighted by Crippen LogP contribution is -2.30. The average Bonchev–Trinajstić information content (AvgIpc) is 2.72. The molecule has 6 nitrogen and oxygen atoms in total. The number of aromatic hydroxyl groups is 1. The van der Waals surface area contributed by atoms with Gasteiger partial charge < -0.3 is 19.5 Å². The van der Waals surface area contributed by atoms with Crippen molar-refractivity contribution in [1.82, 2.24) is 4.90 Å². The molecule has 0 aliphatic carbocycles. The van der Waals surface area contributed by atoms with Gasteiger partial charge in [0.15, 0.2) is 6.61 Å². The van der Waals surface area contributed by atoms with Crippen LogP contribution in [-0.4, -0.2) is 42.1 Å². The molecule has 0 spiro atoms. The van der Waals surface area contributed by atoms with Crippen LogP contribution in [0, 0.1) is 0 Å². The summed E-state index contributed by atoms with van der Waals surface area (Å²) in [6, 6.07) is 17.9. The molecular formula is C23H23NO5. The number of nitrogens with zero attached hydrogens (tertiary/aromatic N) is 1. The highest BCUT2D eigenvalue weighted by atomic mass is 16.5. The number of carbonyl (C=O) groups is 2. The van der Waals surface area contributed by atoms with Gasteiger partial charge in [-0.25, -0.2) is 4.79 Å². The average molecular weight is 393 g/mol. The topological polar surface area (TPSA) is 76.1 Å². The highest BCUT2D eigenvalue weighted by Crippen LogP contribution is 2.25. The number of phenols is 1. The van der Waals surface area contributed by atoms with Crippen molar-refractivity contribution in [3.05, 3.63) is 71.8 Å². The first-order valence-electron chi connectivity index (χ1n) is 9.32. The second-order valence-corrected chi connectivity index (χ2v) is 6.62. The van der Waals surface area contributed by atoms with Crippen LogP contribution >= 0.6 is 0 Å². The van der Waals surface area contributed by atoms with E-state index in [4.69, 9.17) is 9.47 Å². The van der Waals surface area contributed by atoms with E-state index in [0.717, 1.165) is 22.1 Å². The molecule has 0 aromatic heterocycles. The molecule has 6 heteroatoms. The normalized spacial score (nSPS) is 10.6. The summed E-state index contributed by atoms with van der Waals surface area (Å²) in [6.45, 7) is 2.48. The maximum Gasteiger partial charge on any atom is 0.342 e. The van der Waals surface area contributed by atoms with E-state index in [1.807, 2.05) is 55.5 Å². The lowest BCUT2D eigenvalue weighted by atomic mass is 10.1. The van der Waals surface area contributed by atoms with Crippen LogP contribution in [0.5, 0.6) is 11.5 Å². The van der Waals surface area contributed by atoms with E-state index in [2.05, 4.69) is 0 Å². The number of carbonyl (C=O) groups excluding carboxylic acids is 2. The molecular weight excluding hydrogens is 370 g/mol. The fraction of sp³-hybridized carbons (Fsp3) is 0.217. The third-order valence-corrected chi connectivity index (χ3v) is 4.49. The molecule has 3 aromatic rings. The number of likely N-dealkylation sites (N-methyl/N-ethyl adjacent to an activating group) is 1. The molecule has 0 fully saturated rings. The minimum Gasteiger partial charge on any atom is -0.507 e. The molecule has 29 heavy (non-hydrogen) atoms. The van der Waals surface area contributed by atoms with Crippen molar-refractivity contribution in [2.24, 2.45) is 0 Å². The van der Waals surface area contributed by atoms with Gasteiger partial charge in [-0.1, -0.05) is 36.4 Å². The third kappa shape index (κ3) is 5.04. The number of ether oxygens (including phenoxy) is 2. The van der Waals surface area contributed by atoms with Gasteiger partial charge in [-0.3, -0.25) is 4.79 Å². The second-order valence-electron chi connectivity index (χ2n) is 6.62. The largest absolute Gasteiger partial charge is 0.507 e. The summed E-state index contributed by atoms with van der Waals surface area (Å²) in [5.41, 5.74) is 0.966. The Balaban J connectivity index is 1.58. The van der Waals surface area contributed by atoms with E-state index >= 15 is 0 Å². The van der Waals surface area contributed by atoms with Crippen molar-refractivity contribution >= 4 is 22.6 Å². The van der Waals surface area contributed by atoms with Crippen LogP contribution in [0.3, 0.4) is 0 Å². The molecule has 0 aliphatic heterocycles. The summed E-state index contributed by atoms with van der Waals surface area (Å²) >= 11 is 0. The molecule has 0 radical (unpaired) electrons. The number of fused-ring (bicyclic) bond motifs is 1. The summed E-state index contributed by atoms with van der Waals surface area (Å²) in [7, 11) is 1.64. The number of rotatable bonds is 7. The van der Waals surface area contributed by atoms with Crippen LogP contribution in [0.15, 0.2) is 60.7 Å². The monoisotopic (exact) mass is 393 g/mol. The molecule has 0 atom stereocenters. The van der Waals surface area contributed by atoms with Gasteiger partial charge in [-0.2, -0.15) is 0 Å². The van der Waals surface area contributed by atoms with Crippen molar-refractivity contribution in [2.45, 2.75) is 13.5 Å². The summed E-state index contributed by atoms with van der Waals surface area (Å²) in [6.07, 6.45) is 0. The molecule has 0 unspecified atom stereocenters. The van der Waals surface area contributed by atoms with E-state index in [1.165, 1.54) is 11.0 Å². The summed E-state index contributed by atoms with van der Waals surface area (Å²) in [4.78, 5) is 26.1. The van der Waals surface area contributed by atoms with Crippen molar-refractivity contribution in [3.8, 4) is 11.5 Å². The molecule has 0 aliphatic rings. The molecule has 1 N–H and O–H groups in total. The maximum absolute atomic E-state index is 12.3. The smallest absolute Gasteiger partial charge is 0.342 e. The maximum atomic E-state index is 12.3. The Morgan fingerprint density at radius 1 is 1.00 bits per heavy atom.